The smallest absolute Gasteiger partial charge is 0.327 e. The highest BCUT2D eigenvalue weighted by Crippen LogP contribution is 2.25. The Morgan fingerprint density at radius 2 is 1.54 bits per heavy atom. The fourth-order valence-corrected chi connectivity index (χ4v) is 3.48. The minimum Gasteiger partial charge on any atom is -0.497 e. The summed E-state index contributed by atoms with van der Waals surface area (Å²) in [4.78, 5) is 29.0. The molecule has 1 saturated heterocycles. The first-order valence-corrected chi connectivity index (χ1v) is 9.42. The molecule has 2 aromatic carbocycles. The van der Waals surface area contributed by atoms with Crippen LogP contribution in [0.1, 0.15) is 22.0 Å². The number of rotatable bonds is 5. The summed E-state index contributed by atoms with van der Waals surface area (Å²) in [7, 11) is 2.98. The monoisotopic (exact) mass is 402 g/mol. The van der Waals surface area contributed by atoms with Crippen molar-refractivity contribution in [2.45, 2.75) is 6.04 Å². The Morgan fingerprint density at radius 3 is 2.07 bits per heavy atom. The Kier molecular flexibility index (Phi) is 6.54. The molecular formula is C21H23ClN2O4. The lowest BCUT2D eigenvalue weighted by atomic mass is 10.0. The molecule has 3 rings (SSSR count). The van der Waals surface area contributed by atoms with Crippen LogP contribution in [0.15, 0.2) is 48.5 Å². The Labute approximate surface area is 169 Å². The average molecular weight is 403 g/mol. The van der Waals surface area contributed by atoms with E-state index in [9.17, 15) is 9.59 Å². The molecule has 1 aliphatic rings. The van der Waals surface area contributed by atoms with Gasteiger partial charge in [0.15, 0.2) is 0 Å². The van der Waals surface area contributed by atoms with Crippen LogP contribution in [0.4, 0.5) is 0 Å². The number of halogens is 1. The van der Waals surface area contributed by atoms with Gasteiger partial charge in [-0.3, -0.25) is 9.69 Å². The Hall–Kier alpha value is -2.57. The zero-order valence-electron chi connectivity index (χ0n) is 15.9. The van der Waals surface area contributed by atoms with E-state index in [4.69, 9.17) is 21.1 Å². The van der Waals surface area contributed by atoms with Gasteiger partial charge in [0.05, 0.1) is 14.2 Å². The van der Waals surface area contributed by atoms with E-state index in [1.54, 1.807) is 48.4 Å². The minimum absolute atomic E-state index is 0.0246. The average Bonchev–Trinajstić information content (AvgIpc) is 2.75. The van der Waals surface area contributed by atoms with Crippen LogP contribution in [0, 0.1) is 0 Å². The summed E-state index contributed by atoms with van der Waals surface area (Å²) in [6.45, 7) is 2.21. The first-order valence-electron chi connectivity index (χ1n) is 9.04. The standard InChI is InChI=1S/C21H23ClN2O4/c1-27-18-9-5-16(6-10-18)20(25)24-13-11-23(12-14-24)19(21(26)28-2)15-3-7-17(22)8-4-15/h3-10,19H,11-14H2,1-2H3. The molecule has 1 heterocycles. The van der Waals surface area contributed by atoms with Gasteiger partial charge in [0.25, 0.3) is 5.91 Å². The summed E-state index contributed by atoms with van der Waals surface area (Å²) in [6.07, 6.45) is 0. The lowest BCUT2D eigenvalue weighted by molar-refractivity contribution is -0.148. The molecule has 1 aliphatic heterocycles. The molecule has 1 fully saturated rings. The Bertz CT molecular complexity index is 815. The highest BCUT2D eigenvalue weighted by atomic mass is 35.5. The molecule has 1 unspecified atom stereocenters. The van der Waals surface area contributed by atoms with Crippen LogP contribution in [0.3, 0.4) is 0 Å². The van der Waals surface area contributed by atoms with Crippen molar-refractivity contribution in [1.29, 1.82) is 0 Å². The van der Waals surface area contributed by atoms with E-state index in [2.05, 4.69) is 0 Å². The van der Waals surface area contributed by atoms with Crippen LogP contribution >= 0.6 is 11.6 Å². The lowest BCUT2D eigenvalue weighted by Crippen LogP contribution is -2.51. The molecule has 0 radical (unpaired) electrons. The summed E-state index contributed by atoms with van der Waals surface area (Å²) in [5.41, 5.74) is 1.45. The van der Waals surface area contributed by atoms with Gasteiger partial charge in [0, 0.05) is 36.8 Å². The second kappa shape index (κ2) is 9.08. The van der Waals surface area contributed by atoms with Crippen molar-refractivity contribution in [2.75, 3.05) is 40.4 Å². The van der Waals surface area contributed by atoms with Crippen molar-refractivity contribution >= 4 is 23.5 Å². The first kappa shape index (κ1) is 20.2. The number of hydrogen-bond donors (Lipinski definition) is 0. The zero-order chi connectivity index (χ0) is 20.1. The van der Waals surface area contributed by atoms with Crippen LogP contribution in [0.5, 0.6) is 5.75 Å². The summed E-state index contributed by atoms with van der Waals surface area (Å²) in [5.74, 6) is 0.367. The zero-order valence-corrected chi connectivity index (χ0v) is 16.7. The van der Waals surface area contributed by atoms with Gasteiger partial charge in [-0.25, -0.2) is 4.79 Å². The second-order valence-electron chi connectivity index (χ2n) is 6.53. The van der Waals surface area contributed by atoms with E-state index in [0.29, 0.717) is 42.5 Å². The second-order valence-corrected chi connectivity index (χ2v) is 6.97. The molecule has 0 spiro atoms. The SMILES string of the molecule is COC(=O)C(c1ccc(Cl)cc1)N1CCN(C(=O)c2ccc(OC)cc2)CC1. The van der Waals surface area contributed by atoms with Crippen molar-refractivity contribution in [3.8, 4) is 5.75 Å². The quantitative estimate of drug-likeness (QED) is 0.719. The summed E-state index contributed by atoms with van der Waals surface area (Å²) < 4.78 is 10.1. The van der Waals surface area contributed by atoms with Gasteiger partial charge in [-0.15, -0.1) is 0 Å². The normalized spacial score (nSPS) is 15.8. The molecule has 0 saturated carbocycles. The number of carbonyl (C=O) groups is 2. The van der Waals surface area contributed by atoms with E-state index in [1.807, 2.05) is 17.0 Å². The third-order valence-corrected chi connectivity index (χ3v) is 5.17. The number of amides is 1. The number of piperazine rings is 1. The van der Waals surface area contributed by atoms with Gasteiger partial charge in [-0.1, -0.05) is 23.7 Å². The predicted octanol–water partition coefficient (Wildman–Crippen LogP) is 3.02. The molecule has 148 valence electrons. The highest BCUT2D eigenvalue weighted by Gasteiger charge is 2.32. The fourth-order valence-electron chi connectivity index (χ4n) is 3.35. The number of nitrogens with zero attached hydrogens (tertiary/aromatic N) is 2. The molecule has 0 N–H and O–H groups in total. The predicted molar refractivity (Wildman–Crippen MR) is 107 cm³/mol. The van der Waals surface area contributed by atoms with Crippen LogP contribution in [0.2, 0.25) is 5.02 Å². The maximum atomic E-state index is 12.7. The van der Waals surface area contributed by atoms with Crippen molar-refractivity contribution < 1.29 is 19.1 Å². The summed E-state index contributed by atoms with van der Waals surface area (Å²) >= 11 is 5.97. The van der Waals surface area contributed by atoms with Gasteiger partial charge in [-0.2, -0.15) is 0 Å². The van der Waals surface area contributed by atoms with Gasteiger partial charge in [0.2, 0.25) is 0 Å². The molecule has 6 nitrogen and oxygen atoms in total. The Morgan fingerprint density at radius 1 is 0.929 bits per heavy atom. The van der Waals surface area contributed by atoms with E-state index in [1.165, 1.54) is 7.11 Å². The largest absolute Gasteiger partial charge is 0.497 e. The van der Waals surface area contributed by atoms with Crippen LogP contribution in [-0.2, 0) is 9.53 Å². The number of benzene rings is 2. The van der Waals surface area contributed by atoms with Crippen molar-refractivity contribution in [2.24, 2.45) is 0 Å². The molecule has 1 amide bonds. The third kappa shape index (κ3) is 4.46. The summed E-state index contributed by atoms with van der Waals surface area (Å²) in [5, 5.41) is 0.613. The van der Waals surface area contributed by atoms with E-state index < -0.39 is 6.04 Å². The third-order valence-electron chi connectivity index (χ3n) is 4.91. The number of ether oxygens (including phenoxy) is 2. The molecular weight excluding hydrogens is 380 g/mol. The van der Waals surface area contributed by atoms with Crippen LogP contribution in [-0.4, -0.2) is 62.1 Å². The van der Waals surface area contributed by atoms with Crippen molar-refractivity contribution in [3.63, 3.8) is 0 Å². The Balaban J connectivity index is 1.68. The van der Waals surface area contributed by atoms with Gasteiger partial charge >= 0.3 is 5.97 Å². The molecule has 0 aliphatic carbocycles. The number of methoxy groups -OCH3 is 2. The van der Waals surface area contributed by atoms with Gasteiger partial charge < -0.3 is 14.4 Å². The maximum absolute atomic E-state index is 12.7. The molecule has 0 bridgehead atoms. The summed E-state index contributed by atoms with van der Waals surface area (Å²) in [6, 6.07) is 13.7. The van der Waals surface area contributed by atoms with E-state index in [0.717, 1.165) is 5.56 Å². The molecule has 7 heteroatoms. The van der Waals surface area contributed by atoms with E-state index >= 15 is 0 Å². The van der Waals surface area contributed by atoms with Crippen LogP contribution < -0.4 is 4.74 Å². The number of hydrogen-bond acceptors (Lipinski definition) is 5. The van der Waals surface area contributed by atoms with E-state index in [-0.39, 0.29) is 11.9 Å². The van der Waals surface area contributed by atoms with Crippen molar-refractivity contribution in [3.05, 3.63) is 64.7 Å². The lowest BCUT2D eigenvalue weighted by Gasteiger charge is -2.38. The molecule has 1 atom stereocenters. The minimum atomic E-state index is -0.513. The maximum Gasteiger partial charge on any atom is 0.327 e. The van der Waals surface area contributed by atoms with Crippen LogP contribution in [0.25, 0.3) is 0 Å². The van der Waals surface area contributed by atoms with Gasteiger partial charge in [0.1, 0.15) is 11.8 Å². The topological polar surface area (TPSA) is 59.1 Å². The van der Waals surface area contributed by atoms with Gasteiger partial charge in [-0.05, 0) is 42.0 Å². The molecule has 2 aromatic rings. The fraction of sp³-hybridized carbons (Fsp3) is 0.333. The number of esters is 1. The highest BCUT2D eigenvalue weighted by molar-refractivity contribution is 6.30. The molecule has 28 heavy (non-hydrogen) atoms. The molecule has 0 aromatic heterocycles. The number of carbonyl (C=O) groups excluding carboxylic acids is 2. The van der Waals surface area contributed by atoms with Crippen molar-refractivity contribution in [1.82, 2.24) is 9.80 Å². The first-order chi connectivity index (χ1) is 13.5.